The van der Waals surface area contributed by atoms with Crippen molar-refractivity contribution in [3.05, 3.63) is 29.8 Å². The van der Waals surface area contributed by atoms with E-state index in [1.807, 2.05) is 13.0 Å². The fourth-order valence-electron chi connectivity index (χ4n) is 1.40. The molecule has 2 unspecified atom stereocenters. The van der Waals surface area contributed by atoms with E-state index in [1.165, 1.54) is 6.92 Å². The molecule has 5 nitrogen and oxygen atoms in total. The molecule has 1 aromatic carbocycles. The number of carbonyl (C=O) groups excluding carboxylic acids is 1. The largest absolute Gasteiger partial charge is 0.481 e. The number of aryl methyl sites for hydroxylation is 1. The fraction of sp³-hybridized carbons (Fsp3) is 0.385. The van der Waals surface area contributed by atoms with Gasteiger partial charge in [-0.25, -0.2) is 9.18 Å². The van der Waals surface area contributed by atoms with Crippen LogP contribution in [0.15, 0.2) is 24.3 Å². The molecule has 0 saturated heterocycles. The Kier molecular flexibility index (Phi) is 5.29. The monoisotopic (exact) mass is 269 g/mol. The maximum atomic E-state index is 12.4. The third kappa shape index (κ3) is 4.57. The van der Waals surface area contributed by atoms with Crippen LogP contribution in [0.3, 0.4) is 0 Å². The molecule has 0 radical (unpaired) electrons. The lowest BCUT2D eigenvalue weighted by Crippen LogP contribution is -2.47. The van der Waals surface area contributed by atoms with Gasteiger partial charge >= 0.3 is 5.97 Å². The summed E-state index contributed by atoms with van der Waals surface area (Å²) < 4.78 is 17.7. The minimum Gasteiger partial charge on any atom is -0.481 e. The molecular formula is C13H16FNO4. The van der Waals surface area contributed by atoms with Gasteiger partial charge in [-0.05, 0) is 31.5 Å². The van der Waals surface area contributed by atoms with Crippen molar-refractivity contribution in [3.63, 3.8) is 0 Å². The lowest BCUT2D eigenvalue weighted by atomic mass is 10.2. The summed E-state index contributed by atoms with van der Waals surface area (Å²) in [5.41, 5.74) is 0.970. The molecule has 0 aliphatic heterocycles. The number of hydrogen-bond donors (Lipinski definition) is 2. The van der Waals surface area contributed by atoms with Gasteiger partial charge in [0.1, 0.15) is 12.4 Å². The van der Waals surface area contributed by atoms with Crippen molar-refractivity contribution in [2.75, 3.05) is 6.67 Å². The number of benzene rings is 1. The van der Waals surface area contributed by atoms with Crippen molar-refractivity contribution in [3.8, 4) is 5.75 Å². The van der Waals surface area contributed by atoms with Crippen molar-refractivity contribution in [1.82, 2.24) is 5.32 Å². The van der Waals surface area contributed by atoms with E-state index in [0.29, 0.717) is 5.75 Å². The number of nitrogens with one attached hydrogen (secondary N) is 1. The van der Waals surface area contributed by atoms with Crippen LogP contribution in [0.1, 0.15) is 12.5 Å². The third-order valence-corrected chi connectivity index (χ3v) is 2.44. The molecule has 0 aromatic heterocycles. The average Bonchev–Trinajstić information content (AvgIpc) is 2.35. The molecular weight excluding hydrogens is 253 g/mol. The third-order valence-electron chi connectivity index (χ3n) is 2.44. The summed E-state index contributed by atoms with van der Waals surface area (Å²) in [4.78, 5) is 22.2. The number of hydrogen-bond acceptors (Lipinski definition) is 3. The molecule has 1 rings (SSSR count). The summed E-state index contributed by atoms with van der Waals surface area (Å²) >= 11 is 0. The first kappa shape index (κ1) is 14.9. The van der Waals surface area contributed by atoms with Crippen LogP contribution in [0.25, 0.3) is 0 Å². The van der Waals surface area contributed by atoms with E-state index in [1.54, 1.807) is 18.2 Å². The van der Waals surface area contributed by atoms with Crippen molar-refractivity contribution in [1.29, 1.82) is 0 Å². The Labute approximate surface area is 110 Å². The molecule has 104 valence electrons. The normalized spacial score (nSPS) is 13.4. The molecule has 0 saturated carbocycles. The molecule has 0 bridgehead atoms. The molecule has 2 N–H and O–H groups in total. The lowest BCUT2D eigenvalue weighted by Gasteiger charge is -2.17. The topological polar surface area (TPSA) is 75.6 Å². The Morgan fingerprint density at radius 2 is 2.16 bits per heavy atom. The fourth-order valence-corrected chi connectivity index (χ4v) is 1.40. The number of aliphatic carboxylic acids is 1. The van der Waals surface area contributed by atoms with Crippen LogP contribution in [-0.2, 0) is 9.59 Å². The number of rotatable bonds is 6. The van der Waals surface area contributed by atoms with Crippen molar-refractivity contribution in [2.45, 2.75) is 26.0 Å². The number of alkyl halides is 1. The van der Waals surface area contributed by atoms with Crippen molar-refractivity contribution >= 4 is 11.9 Å². The summed E-state index contributed by atoms with van der Waals surface area (Å²) in [5.74, 6) is -1.60. The van der Waals surface area contributed by atoms with Gasteiger partial charge in [-0.15, -0.1) is 0 Å². The highest BCUT2D eigenvalue weighted by molar-refractivity contribution is 5.86. The molecule has 2 atom stereocenters. The molecule has 1 amide bonds. The van der Waals surface area contributed by atoms with E-state index in [0.717, 1.165) is 5.56 Å². The predicted octanol–water partition coefficient (Wildman–Crippen LogP) is 1.30. The van der Waals surface area contributed by atoms with Crippen LogP contribution in [0.2, 0.25) is 0 Å². The minimum absolute atomic E-state index is 0.495. The van der Waals surface area contributed by atoms with Gasteiger partial charge in [-0.3, -0.25) is 4.79 Å². The first-order valence-electron chi connectivity index (χ1n) is 5.76. The van der Waals surface area contributed by atoms with Gasteiger partial charge in [0, 0.05) is 0 Å². The molecule has 0 aliphatic carbocycles. The van der Waals surface area contributed by atoms with E-state index in [2.05, 4.69) is 5.32 Å². The van der Waals surface area contributed by atoms with Gasteiger partial charge in [0.05, 0.1) is 0 Å². The summed E-state index contributed by atoms with van der Waals surface area (Å²) in [6.07, 6.45) is -0.907. The van der Waals surface area contributed by atoms with Gasteiger partial charge < -0.3 is 15.2 Å². The van der Waals surface area contributed by atoms with E-state index >= 15 is 0 Å². The molecule has 0 fully saturated rings. The van der Waals surface area contributed by atoms with Crippen LogP contribution in [0.4, 0.5) is 4.39 Å². The van der Waals surface area contributed by atoms with Gasteiger partial charge in [0.2, 0.25) is 0 Å². The molecule has 1 aromatic rings. The highest BCUT2D eigenvalue weighted by atomic mass is 19.1. The average molecular weight is 269 g/mol. The van der Waals surface area contributed by atoms with Gasteiger partial charge in [0.25, 0.3) is 5.91 Å². The molecule has 0 heterocycles. The lowest BCUT2D eigenvalue weighted by molar-refractivity contribution is -0.143. The number of carbonyl (C=O) groups is 2. The predicted molar refractivity (Wildman–Crippen MR) is 66.8 cm³/mol. The zero-order valence-corrected chi connectivity index (χ0v) is 10.7. The maximum absolute atomic E-state index is 12.4. The number of halogens is 1. The van der Waals surface area contributed by atoms with Crippen LogP contribution in [-0.4, -0.2) is 35.8 Å². The number of amides is 1. The van der Waals surface area contributed by atoms with Crippen LogP contribution >= 0.6 is 0 Å². The highest BCUT2D eigenvalue weighted by Gasteiger charge is 2.23. The van der Waals surface area contributed by atoms with Crippen molar-refractivity contribution < 1.29 is 23.8 Å². The van der Waals surface area contributed by atoms with Gasteiger partial charge in [0.15, 0.2) is 12.1 Å². The molecule has 19 heavy (non-hydrogen) atoms. The molecule has 0 spiro atoms. The Bertz CT molecular complexity index is 464. The Hall–Kier alpha value is -2.11. The van der Waals surface area contributed by atoms with Gasteiger partial charge in [-0.1, -0.05) is 12.1 Å². The smallest absolute Gasteiger partial charge is 0.328 e. The summed E-state index contributed by atoms with van der Waals surface area (Å²) in [5, 5.41) is 10.7. The number of ether oxygens (including phenoxy) is 1. The number of carboxylic acid groups (broad SMARTS) is 1. The van der Waals surface area contributed by atoms with E-state index < -0.39 is 30.7 Å². The van der Waals surface area contributed by atoms with Crippen LogP contribution in [0.5, 0.6) is 5.75 Å². The maximum Gasteiger partial charge on any atom is 0.328 e. The zero-order chi connectivity index (χ0) is 14.4. The SMILES string of the molecule is Cc1cccc(OC(C)C(=O)NC(CF)C(=O)O)c1. The second kappa shape index (κ2) is 6.72. The first-order chi connectivity index (χ1) is 8.93. The summed E-state index contributed by atoms with van der Waals surface area (Å²) in [7, 11) is 0. The second-order valence-corrected chi connectivity index (χ2v) is 4.13. The van der Waals surface area contributed by atoms with Crippen LogP contribution in [0, 0.1) is 6.92 Å². The minimum atomic E-state index is -1.55. The zero-order valence-electron chi connectivity index (χ0n) is 10.7. The first-order valence-corrected chi connectivity index (χ1v) is 5.76. The van der Waals surface area contributed by atoms with Crippen molar-refractivity contribution in [2.24, 2.45) is 0 Å². The van der Waals surface area contributed by atoms with E-state index in [9.17, 15) is 14.0 Å². The Morgan fingerprint density at radius 1 is 1.47 bits per heavy atom. The highest BCUT2D eigenvalue weighted by Crippen LogP contribution is 2.14. The summed E-state index contributed by atoms with van der Waals surface area (Å²) in [6, 6.07) is 5.53. The van der Waals surface area contributed by atoms with E-state index in [-0.39, 0.29) is 0 Å². The standard InChI is InChI=1S/C13H16FNO4/c1-8-4-3-5-10(6-8)19-9(2)12(16)15-11(7-14)13(17)18/h3-6,9,11H,7H2,1-2H3,(H,15,16)(H,17,18). The Morgan fingerprint density at radius 3 is 2.68 bits per heavy atom. The second-order valence-electron chi connectivity index (χ2n) is 4.13. The molecule has 6 heteroatoms. The van der Waals surface area contributed by atoms with E-state index in [4.69, 9.17) is 9.84 Å². The number of carboxylic acids is 1. The molecule has 0 aliphatic rings. The Balaban J connectivity index is 2.60. The summed E-state index contributed by atoms with van der Waals surface area (Å²) in [6.45, 7) is 2.17. The van der Waals surface area contributed by atoms with Gasteiger partial charge in [-0.2, -0.15) is 0 Å². The quantitative estimate of drug-likeness (QED) is 0.816. The van der Waals surface area contributed by atoms with Crippen LogP contribution < -0.4 is 10.1 Å².